The fraction of sp³-hybridized carbons (Fsp3) is 0.500. The van der Waals surface area contributed by atoms with Crippen LogP contribution in [0.1, 0.15) is 96.4 Å². The van der Waals surface area contributed by atoms with Gasteiger partial charge >= 0.3 is 7.12 Å². The van der Waals surface area contributed by atoms with Crippen LogP contribution >= 0.6 is 62.3 Å². The average Bonchev–Trinajstić information content (AvgIpc) is 4.19. The lowest BCUT2D eigenvalue weighted by Crippen LogP contribution is -2.51. The van der Waals surface area contributed by atoms with E-state index in [9.17, 15) is 4.21 Å². The molecule has 0 amide bonds. The first-order valence-electron chi connectivity index (χ1n) is 24.1. The van der Waals surface area contributed by atoms with Crippen molar-refractivity contribution in [3.63, 3.8) is 0 Å². The van der Waals surface area contributed by atoms with Crippen molar-refractivity contribution in [2.45, 2.75) is 116 Å². The van der Waals surface area contributed by atoms with Crippen molar-refractivity contribution in [2.24, 2.45) is 38.7 Å². The molecule has 2 saturated heterocycles. The lowest BCUT2D eigenvalue weighted by molar-refractivity contribution is 0.187. The van der Waals surface area contributed by atoms with E-state index in [1.807, 2.05) is 71.5 Å². The van der Waals surface area contributed by atoms with Gasteiger partial charge in [0.05, 0.1) is 51.7 Å². The molecular formula is C48H64BBrCl4N14O3S. The molecule has 2 aliphatic carbocycles. The minimum absolute atomic E-state index is 0.184. The summed E-state index contributed by atoms with van der Waals surface area (Å²) in [5.41, 5.74) is 12.7. The number of piperidine rings is 2. The second kappa shape index (κ2) is 23.8. The molecule has 9 N–H and O–H groups in total. The summed E-state index contributed by atoms with van der Waals surface area (Å²) < 4.78 is 21.1. The smallest absolute Gasteiger partial charge is 0.423 e. The summed E-state index contributed by atoms with van der Waals surface area (Å²) in [6.45, 7) is 14.1. The van der Waals surface area contributed by atoms with Crippen LogP contribution in [0.5, 0.6) is 0 Å². The highest BCUT2D eigenvalue weighted by Crippen LogP contribution is 2.48. The summed E-state index contributed by atoms with van der Waals surface area (Å²) in [4.78, 5) is 23.7. The van der Waals surface area contributed by atoms with Gasteiger partial charge in [-0.25, -0.2) is 28.9 Å². The van der Waals surface area contributed by atoms with Gasteiger partial charge in [0.25, 0.3) is 0 Å². The van der Waals surface area contributed by atoms with Crippen LogP contribution in [-0.4, -0.2) is 93.1 Å². The number of anilines is 2. The van der Waals surface area contributed by atoms with Crippen LogP contribution in [0.2, 0.25) is 20.1 Å². The molecular weight excluding hydrogens is 1090 g/mol. The molecule has 0 unspecified atom stereocenters. The van der Waals surface area contributed by atoms with Gasteiger partial charge < -0.3 is 37.3 Å². The summed E-state index contributed by atoms with van der Waals surface area (Å²) in [6.07, 6.45) is 19.4. The predicted molar refractivity (Wildman–Crippen MR) is 296 cm³/mol. The van der Waals surface area contributed by atoms with E-state index in [0.717, 1.165) is 115 Å². The number of benzene rings is 2. The fourth-order valence-corrected chi connectivity index (χ4v) is 12.8. The quantitative estimate of drug-likeness (QED) is 0.0397. The van der Waals surface area contributed by atoms with Crippen LogP contribution in [0.4, 0.5) is 11.9 Å². The van der Waals surface area contributed by atoms with Gasteiger partial charge in [0.1, 0.15) is 5.65 Å². The van der Waals surface area contributed by atoms with Crippen molar-refractivity contribution < 1.29 is 14.3 Å². The first-order chi connectivity index (χ1) is 34.3. The van der Waals surface area contributed by atoms with E-state index in [1.54, 1.807) is 18.2 Å². The zero-order chi connectivity index (χ0) is 52.1. The van der Waals surface area contributed by atoms with Crippen molar-refractivity contribution >= 4 is 109 Å². The maximum atomic E-state index is 12.7. The molecule has 24 heteroatoms. The third-order valence-electron chi connectivity index (χ3n) is 14.7. The van der Waals surface area contributed by atoms with Crippen molar-refractivity contribution in [1.82, 2.24) is 33.5 Å². The van der Waals surface area contributed by atoms with Crippen molar-refractivity contribution in [3.8, 4) is 11.1 Å². The Kier molecular flexibility index (Phi) is 18.5. The fourth-order valence-electron chi connectivity index (χ4n) is 10.6. The molecule has 4 aliphatic rings. The molecule has 388 valence electrons. The van der Waals surface area contributed by atoms with Crippen molar-refractivity contribution in [2.75, 3.05) is 36.0 Å². The Hall–Kier alpha value is -3.83. The predicted octanol–water partition coefficient (Wildman–Crippen LogP) is 8.96. The Morgan fingerprint density at radius 3 is 1.82 bits per heavy atom. The van der Waals surface area contributed by atoms with Crippen molar-refractivity contribution in [1.29, 1.82) is 0 Å². The van der Waals surface area contributed by atoms with Crippen LogP contribution in [0.3, 0.4) is 0 Å². The largest absolute Gasteiger partial charge is 0.490 e. The number of rotatable bonds is 6. The molecule has 4 aromatic heterocycles. The van der Waals surface area contributed by atoms with Crippen molar-refractivity contribution in [3.05, 3.63) is 97.1 Å². The molecule has 3 atom stereocenters. The van der Waals surface area contributed by atoms with Gasteiger partial charge in [0.2, 0.25) is 11.9 Å². The average molecular weight is 1150 g/mol. The third-order valence-corrected chi connectivity index (χ3v) is 18.9. The Balaban J connectivity index is 0.000000165. The van der Waals surface area contributed by atoms with Gasteiger partial charge in [-0.15, -0.1) is 0 Å². The molecule has 17 nitrogen and oxygen atoms in total. The van der Waals surface area contributed by atoms with Gasteiger partial charge in [0.15, 0.2) is 5.65 Å². The molecule has 6 heterocycles. The number of nitrogens with one attached hydrogen (secondary N) is 1. The Morgan fingerprint density at radius 1 is 0.764 bits per heavy atom. The van der Waals surface area contributed by atoms with Gasteiger partial charge in [-0.2, -0.15) is 0 Å². The number of halogens is 5. The first-order valence-corrected chi connectivity index (χ1v) is 27.5. The van der Waals surface area contributed by atoms with Gasteiger partial charge in [-0.1, -0.05) is 94.0 Å². The van der Waals surface area contributed by atoms with Crippen LogP contribution in [-0.2, 0) is 11.0 Å². The highest BCUT2D eigenvalue weighted by molar-refractivity contribution is 9.10. The summed E-state index contributed by atoms with van der Waals surface area (Å²) in [6, 6.07) is 11.1. The van der Waals surface area contributed by atoms with E-state index >= 15 is 0 Å². The second-order valence-electron chi connectivity index (χ2n) is 19.9. The number of nitrogens with two attached hydrogens (primary N) is 3. The van der Waals surface area contributed by atoms with Crippen LogP contribution in [0.15, 0.2) is 76.1 Å². The van der Waals surface area contributed by atoms with E-state index in [0.29, 0.717) is 32.6 Å². The Labute approximate surface area is 452 Å². The van der Waals surface area contributed by atoms with E-state index < -0.39 is 18.1 Å². The summed E-state index contributed by atoms with van der Waals surface area (Å²) in [5.74, 6) is 10.6. The Bertz CT molecular complexity index is 2880. The zero-order valence-corrected chi connectivity index (χ0v) is 46.6. The molecule has 2 aliphatic heterocycles. The molecule has 2 aromatic carbocycles. The highest BCUT2D eigenvalue weighted by Gasteiger charge is 2.47. The normalized spacial score (nSPS) is 19.8. The lowest BCUT2D eigenvalue weighted by Gasteiger charge is -2.44. The molecule has 0 radical (unpaired) electrons. The molecule has 4 fully saturated rings. The number of hydrogen-bond donors (Lipinski definition) is 6. The highest BCUT2D eigenvalue weighted by atomic mass is 79.9. The minimum atomic E-state index is -1.57. The zero-order valence-electron chi connectivity index (χ0n) is 41.2. The maximum absolute atomic E-state index is 12.7. The van der Waals surface area contributed by atoms with Crippen LogP contribution in [0, 0.1) is 24.7 Å². The van der Waals surface area contributed by atoms with E-state index in [4.69, 9.17) is 72.2 Å². The molecule has 6 aromatic rings. The van der Waals surface area contributed by atoms with Crippen LogP contribution < -0.4 is 37.4 Å². The molecule has 72 heavy (non-hydrogen) atoms. The lowest BCUT2D eigenvalue weighted by atomic mass is 9.74. The summed E-state index contributed by atoms with van der Waals surface area (Å²) in [7, 11) is -2.58. The monoisotopic (exact) mass is 1150 g/mol. The topological polar surface area (TPSA) is 239 Å². The number of imidazole rings is 2. The SMILES string of the molecule is Cc1nc(N2CCC3(CCC[C@H]3N)CC2)n2ccnc2c1-c1cccc(Cl)c1Cl.Cc1nc(N2CCC3(CCC[C@H]3N[S@](=O)C(C)(C)C)CC2)n2ccnc2c1Br.N/N=N/N.OB(O)c1cccc(Cl)c1Cl. The number of aryl methyl sites for hydroxylation is 2. The summed E-state index contributed by atoms with van der Waals surface area (Å²) in [5, 5.41) is 24.3. The standard InChI is InChI=1S/C22H25Cl2N5.C20H30BrN5OS.C6H5BCl2O2.H4N4/c1-14-18(15-4-2-5-16(23)19(15)24)20-26-10-13-29(20)21(27-14)28-11-8-22(9-12-28)7-3-6-17(22)25;1-14-16(21)17-22-10-13-26(17)18(23-14)25-11-8-20(9-12-25)7-5-6-15(20)24-28(27)19(2,3)4;8-5-3-1-2-4(6(5)9)7(10)11;1-3-4-2/h2,4-5,10,13,17H,3,6-9,11-12,25H2,1H3;10,13,15,24H,5-9,11-12H2,1-4H3;1-3,10-11H;(H2,1,4)(H2,2,3)/t17-;15-,28-;;/m11../s1. The number of fused-ring (bicyclic) bond motifs is 2. The maximum Gasteiger partial charge on any atom is 0.490 e. The van der Waals surface area contributed by atoms with Crippen LogP contribution in [0.25, 0.3) is 22.4 Å². The molecule has 10 rings (SSSR count). The Morgan fingerprint density at radius 2 is 1.28 bits per heavy atom. The van der Waals surface area contributed by atoms with Gasteiger partial charge in [-0.05, 0) is 125 Å². The third kappa shape index (κ3) is 12.0. The number of hydrogen-bond acceptors (Lipinski definition) is 12. The van der Waals surface area contributed by atoms with Gasteiger partial charge in [0, 0.05) is 79.6 Å². The number of nitrogens with zero attached hydrogens (tertiary/aromatic N) is 10. The minimum Gasteiger partial charge on any atom is -0.423 e. The molecule has 2 spiro atoms. The number of aromatic nitrogens is 6. The first kappa shape index (κ1) is 55.9. The molecule has 2 saturated carbocycles. The van der Waals surface area contributed by atoms with Gasteiger partial charge in [-0.3, -0.25) is 8.80 Å². The summed E-state index contributed by atoms with van der Waals surface area (Å²) >= 11 is 27.6. The second-order valence-corrected chi connectivity index (χ2v) is 24.3. The van der Waals surface area contributed by atoms with E-state index in [-0.39, 0.29) is 20.6 Å². The van der Waals surface area contributed by atoms with E-state index in [1.165, 1.54) is 31.7 Å². The molecule has 0 bridgehead atoms. The van der Waals surface area contributed by atoms with E-state index in [2.05, 4.69) is 71.4 Å².